The Balaban J connectivity index is 1.69. The number of aromatic nitrogens is 1. The van der Waals surface area contributed by atoms with Crippen LogP contribution in [-0.4, -0.2) is 4.98 Å². The largest absolute Gasteiger partial charge is 0.306 e. The summed E-state index contributed by atoms with van der Waals surface area (Å²) in [5.74, 6) is 0. The van der Waals surface area contributed by atoms with Crippen LogP contribution in [0.5, 0.6) is 0 Å². The molecule has 0 unspecified atom stereocenters. The van der Waals surface area contributed by atoms with Crippen molar-refractivity contribution in [3.05, 3.63) is 76.4 Å². The van der Waals surface area contributed by atoms with Gasteiger partial charge in [-0.25, -0.2) is 0 Å². The van der Waals surface area contributed by atoms with Crippen LogP contribution in [0.2, 0.25) is 0 Å². The number of rotatable bonds is 4. The number of hydrogen-bond acceptors (Lipinski definition) is 2. The lowest BCUT2D eigenvalue weighted by Gasteiger charge is -2.14. The van der Waals surface area contributed by atoms with Crippen LogP contribution in [0, 0.1) is 0 Å². The van der Waals surface area contributed by atoms with Gasteiger partial charge in [-0.05, 0) is 48.4 Å². The molecular formula is C18H17BrN2. The van der Waals surface area contributed by atoms with Gasteiger partial charge in [-0.1, -0.05) is 40.2 Å². The van der Waals surface area contributed by atoms with E-state index in [2.05, 4.69) is 81.7 Å². The van der Waals surface area contributed by atoms with Crippen LogP contribution in [-0.2, 0) is 6.54 Å². The van der Waals surface area contributed by atoms with Crippen LogP contribution < -0.4 is 5.32 Å². The van der Waals surface area contributed by atoms with E-state index in [1.165, 1.54) is 16.5 Å². The smallest absolute Gasteiger partial charge is 0.0702 e. The molecule has 106 valence electrons. The summed E-state index contributed by atoms with van der Waals surface area (Å²) in [6, 6.07) is 19.3. The third-order valence-electron chi connectivity index (χ3n) is 3.65. The molecule has 3 aromatic rings. The summed E-state index contributed by atoms with van der Waals surface area (Å²) < 4.78 is 1.11. The Bertz CT molecular complexity index is 738. The van der Waals surface area contributed by atoms with E-state index in [4.69, 9.17) is 0 Å². The third-order valence-corrected chi connectivity index (χ3v) is 4.18. The van der Waals surface area contributed by atoms with E-state index in [1.807, 2.05) is 12.3 Å². The SMILES string of the molecule is C[C@@H](NCc1ccc2ncccc2c1)c1ccc(Br)cc1. The number of pyridine rings is 1. The number of nitrogens with zero attached hydrogens (tertiary/aromatic N) is 1. The first-order valence-corrected chi connectivity index (χ1v) is 7.84. The van der Waals surface area contributed by atoms with Gasteiger partial charge in [-0.15, -0.1) is 0 Å². The normalized spacial score (nSPS) is 12.5. The van der Waals surface area contributed by atoms with E-state index >= 15 is 0 Å². The van der Waals surface area contributed by atoms with E-state index in [0.29, 0.717) is 6.04 Å². The predicted molar refractivity (Wildman–Crippen MR) is 91.1 cm³/mol. The molecule has 0 aliphatic carbocycles. The fourth-order valence-electron chi connectivity index (χ4n) is 2.38. The molecule has 0 spiro atoms. The van der Waals surface area contributed by atoms with Gasteiger partial charge in [0.25, 0.3) is 0 Å². The standard InChI is InChI=1S/C18H17BrN2/c1-13(15-5-7-17(19)8-6-15)21-12-14-4-9-18-16(11-14)3-2-10-20-18/h2-11,13,21H,12H2,1H3/t13-/m1/s1. The topological polar surface area (TPSA) is 24.9 Å². The van der Waals surface area contributed by atoms with Crippen molar-refractivity contribution in [2.45, 2.75) is 19.5 Å². The van der Waals surface area contributed by atoms with E-state index in [9.17, 15) is 0 Å². The average molecular weight is 341 g/mol. The van der Waals surface area contributed by atoms with E-state index in [1.54, 1.807) is 0 Å². The van der Waals surface area contributed by atoms with E-state index in [0.717, 1.165) is 16.5 Å². The minimum atomic E-state index is 0.322. The van der Waals surface area contributed by atoms with Gasteiger partial charge in [0.05, 0.1) is 5.52 Å². The minimum Gasteiger partial charge on any atom is -0.306 e. The summed E-state index contributed by atoms with van der Waals surface area (Å²) in [5, 5.41) is 4.75. The molecule has 0 saturated carbocycles. The van der Waals surface area contributed by atoms with Gasteiger partial charge in [0.1, 0.15) is 0 Å². The van der Waals surface area contributed by atoms with E-state index < -0.39 is 0 Å². The summed E-state index contributed by atoms with van der Waals surface area (Å²) in [6.07, 6.45) is 1.83. The quantitative estimate of drug-likeness (QED) is 0.734. The zero-order chi connectivity index (χ0) is 14.7. The van der Waals surface area contributed by atoms with Gasteiger partial charge in [-0.3, -0.25) is 4.98 Å². The molecule has 1 heterocycles. The highest BCUT2D eigenvalue weighted by molar-refractivity contribution is 9.10. The van der Waals surface area contributed by atoms with Crippen LogP contribution in [0.25, 0.3) is 10.9 Å². The second kappa shape index (κ2) is 6.37. The number of nitrogens with one attached hydrogen (secondary N) is 1. The summed E-state index contributed by atoms with van der Waals surface area (Å²) in [6.45, 7) is 3.04. The molecule has 1 aromatic heterocycles. The Hall–Kier alpha value is -1.71. The highest BCUT2D eigenvalue weighted by Gasteiger charge is 2.05. The Labute approximate surface area is 133 Å². The third kappa shape index (κ3) is 3.49. The second-order valence-corrected chi connectivity index (χ2v) is 6.10. The molecule has 1 N–H and O–H groups in total. The average Bonchev–Trinajstić information content (AvgIpc) is 2.53. The van der Waals surface area contributed by atoms with Gasteiger partial charge in [0.15, 0.2) is 0 Å². The van der Waals surface area contributed by atoms with Gasteiger partial charge in [0, 0.05) is 28.6 Å². The molecular weight excluding hydrogens is 324 g/mol. The lowest BCUT2D eigenvalue weighted by Crippen LogP contribution is -2.17. The summed E-state index contributed by atoms with van der Waals surface area (Å²) >= 11 is 3.47. The molecule has 3 rings (SSSR count). The molecule has 21 heavy (non-hydrogen) atoms. The zero-order valence-electron chi connectivity index (χ0n) is 11.9. The fourth-order valence-corrected chi connectivity index (χ4v) is 2.64. The van der Waals surface area contributed by atoms with Crippen molar-refractivity contribution in [1.29, 1.82) is 0 Å². The number of hydrogen-bond donors (Lipinski definition) is 1. The number of halogens is 1. The molecule has 0 fully saturated rings. The molecule has 2 aromatic carbocycles. The molecule has 2 nitrogen and oxygen atoms in total. The Morgan fingerprint density at radius 3 is 2.71 bits per heavy atom. The highest BCUT2D eigenvalue weighted by Crippen LogP contribution is 2.18. The monoisotopic (exact) mass is 340 g/mol. The lowest BCUT2D eigenvalue weighted by atomic mass is 10.1. The lowest BCUT2D eigenvalue weighted by molar-refractivity contribution is 0.575. The Morgan fingerprint density at radius 1 is 1.10 bits per heavy atom. The molecule has 0 aliphatic heterocycles. The molecule has 0 saturated heterocycles. The van der Waals surface area contributed by atoms with Crippen molar-refractivity contribution >= 4 is 26.8 Å². The van der Waals surface area contributed by atoms with Crippen molar-refractivity contribution < 1.29 is 0 Å². The van der Waals surface area contributed by atoms with Crippen molar-refractivity contribution in [2.24, 2.45) is 0 Å². The number of benzene rings is 2. The maximum absolute atomic E-state index is 4.35. The zero-order valence-corrected chi connectivity index (χ0v) is 13.5. The highest BCUT2D eigenvalue weighted by atomic mass is 79.9. The Kier molecular flexibility index (Phi) is 4.32. The Morgan fingerprint density at radius 2 is 1.90 bits per heavy atom. The molecule has 0 bridgehead atoms. The fraction of sp³-hybridized carbons (Fsp3) is 0.167. The van der Waals surface area contributed by atoms with E-state index in [-0.39, 0.29) is 0 Å². The maximum Gasteiger partial charge on any atom is 0.0702 e. The van der Waals surface area contributed by atoms with Crippen LogP contribution in [0.15, 0.2) is 65.3 Å². The maximum atomic E-state index is 4.35. The first-order valence-electron chi connectivity index (χ1n) is 7.05. The van der Waals surface area contributed by atoms with Crippen molar-refractivity contribution in [2.75, 3.05) is 0 Å². The van der Waals surface area contributed by atoms with Gasteiger partial charge < -0.3 is 5.32 Å². The molecule has 0 aliphatic rings. The molecule has 3 heteroatoms. The van der Waals surface area contributed by atoms with Crippen molar-refractivity contribution in [3.8, 4) is 0 Å². The first kappa shape index (κ1) is 14.2. The van der Waals surface area contributed by atoms with Gasteiger partial charge in [-0.2, -0.15) is 0 Å². The van der Waals surface area contributed by atoms with Crippen molar-refractivity contribution in [1.82, 2.24) is 10.3 Å². The summed E-state index contributed by atoms with van der Waals surface area (Å²) in [5.41, 5.74) is 3.61. The summed E-state index contributed by atoms with van der Waals surface area (Å²) in [4.78, 5) is 4.35. The minimum absolute atomic E-state index is 0.322. The molecule has 1 atom stereocenters. The van der Waals surface area contributed by atoms with Crippen LogP contribution in [0.1, 0.15) is 24.1 Å². The molecule has 0 radical (unpaired) electrons. The van der Waals surface area contributed by atoms with Crippen LogP contribution in [0.4, 0.5) is 0 Å². The van der Waals surface area contributed by atoms with Crippen molar-refractivity contribution in [3.63, 3.8) is 0 Å². The predicted octanol–water partition coefficient (Wildman–Crippen LogP) is 4.85. The van der Waals surface area contributed by atoms with Gasteiger partial charge >= 0.3 is 0 Å². The molecule has 0 amide bonds. The van der Waals surface area contributed by atoms with Gasteiger partial charge in [0.2, 0.25) is 0 Å². The number of fused-ring (bicyclic) bond motifs is 1. The van der Waals surface area contributed by atoms with Crippen LogP contribution in [0.3, 0.4) is 0 Å². The summed E-state index contributed by atoms with van der Waals surface area (Å²) in [7, 11) is 0. The van der Waals surface area contributed by atoms with Crippen LogP contribution >= 0.6 is 15.9 Å². The second-order valence-electron chi connectivity index (χ2n) is 5.18. The first-order chi connectivity index (χ1) is 10.2.